The van der Waals surface area contributed by atoms with Crippen molar-refractivity contribution in [3.63, 3.8) is 0 Å². The van der Waals surface area contributed by atoms with Crippen LogP contribution in [0.2, 0.25) is 0 Å². The molecule has 0 rings (SSSR count). The highest BCUT2D eigenvalue weighted by atomic mass is 16.6. The molecule has 84 valence electrons. The number of allylic oxidation sites excluding steroid dienone is 1. The third-order valence-electron chi connectivity index (χ3n) is 1.40. The molecule has 0 aliphatic rings. The van der Waals surface area contributed by atoms with E-state index in [1.54, 1.807) is 13.0 Å². The van der Waals surface area contributed by atoms with Crippen LogP contribution >= 0.6 is 0 Å². The lowest BCUT2D eigenvalue weighted by molar-refractivity contribution is -0.146. The van der Waals surface area contributed by atoms with E-state index in [1.165, 1.54) is 6.08 Å². The maximum atomic E-state index is 10.9. The standard InChI is InChI=1S/C11H16O4/c1-4-5-6-10(12)14-7-8-15-11(13)9(2)3/h5-6H,2,4,7-8H2,1,3H3/b6-5+. The summed E-state index contributed by atoms with van der Waals surface area (Å²) in [6.07, 6.45) is 3.82. The highest BCUT2D eigenvalue weighted by Gasteiger charge is 2.03. The molecule has 0 saturated heterocycles. The quantitative estimate of drug-likeness (QED) is 0.381. The number of carbonyl (C=O) groups is 2. The van der Waals surface area contributed by atoms with Crippen LogP contribution in [0, 0.1) is 0 Å². The lowest BCUT2D eigenvalue weighted by Crippen LogP contribution is -2.12. The fourth-order valence-corrected chi connectivity index (χ4v) is 0.662. The zero-order valence-electron chi connectivity index (χ0n) is 9.12. The lowest BCUT2D eigenvalue weighted by atomic mass is 10.4. The van der Waals surface area contributed by atoms with E-state index < -0.39 is 11.9 Å². The van der Waals surface area contributed by atoms with Crippen molar-refractivity contribution in [3.8, 4) is 0 Å². The second-order valence-electron chi connectivity index (χ2n) is 2.89. The largest absolute Gasteiger partial charge is 0.459 e. The van der Waals surface area contributed by atoms with Crippen molar-refractivity contribution in [1.29, 1.82) is 0 Å². The van der Waals surface area contributed by atoms with Gasteiger partial charge in [0.2, 0.25) is 0 Å². The molecule has 0 saturated carbocycles. The van der Waals surface area contributed by atoms with Gasteiger partial charge in [0.25, 0.3) is 0 Å². The summed E-state index contributed by atoms with van der Waals surface area (Å²) in [5.74, 6) is -0.904. The third-order valence-corrected chi connectivity index (χ3v) is 1.40. The lowest BCUT2D eigenvalue weighted by Gasteiger charge is -2.04. The first kappa shape index (κ1) is 13.4. The molecule has 0 N–H and O–H groups in total. The zero-order chi connectivity index (χ0) is 11.7. The number of hydrogen-bond acceptors (Lipinski definition) is 4. The van der Waals surface area contributed by atoms with Crippen molar-refractivity contribution in [3.05, 3.63) is 24.3 Å². The van der Waals surface area contributed by atoms with E-state index in [9.17, 15) is 9.59 Å². The molecule has 0 aromatic rings. The second kappa shape index (κ2) is 7.79. The third kappa shape index (κ3) is 7.49. The smallest absolute Gasteiger partial charge is 0.333 e. The van der Waals surface area contributed by atoms with E-state index in [4.69, 9.17) is 9.47 Å². The van der Waals surface area contributed by atoms with Gasteiger partial charge in [-0.1, -0.05) is 19.6 Å². The Morgan fingerprint density at radius 3 is 2.40 bits per heavy atom. The first-order valence-electron chi connectivity index (χ1n) is 4.73. The molecule has 0 radical (unpaired) electrons. The molecule has 4 heteroatoms. The normalized spacial score (nSPS) is 10.0. The van der Waals surface area contributed by atoms with Gasteiger partial charge >= 0.3 is 11.9 Å². The van der Waals surface area contributed by atoms with Crippen LogP contribution < -0.4 is 0 Å². The van der Waals surface area contributed by atoms with Crippen LogP contribution in [-0.2, 0) is 19.1 Å². The molecule has 0 spiro atoms. The molecule has 0 fully saturated rings. The highest BCUT2D eigenvalue weighted by molar-refractivity contribution is 5.87. The molecular formula is C11H16O4. The van der Waals surface area contributed by atoms with Gasteiger partial charge in [-0.05, 0) is 13.3 Å². The highest BCUT2D eigenvalue weighted by Crippen LogP contribution is 1.92. The Morgan fingerprint density at radius 1 is 1.27 bits per heavy atom. The molecule has 0 unspecified atom stereocenters. The molecule has 0 bridgehead atoms. The van der Waals surface area contributed by atoms with Crippen LogP contribution in [0.3, 0.4) is 0 Å². The monoisotopic (exact) mass is 212 g/mol. The second-order valence-corrected chi connectivity index (χ2v) is 2.89. The summed E-state index contributed by atoms with van der Waals surface area (Å²) in [7, 11) is 0. The van der Waals surface area contributed by atoms with Crippen LogP contribution in [-0.4, -0.2) is 25.2 Å². The average Bonchev–Trinajstić information content (AvgIpc) is 2.20. The Kier molecular flexibility index (Phi) is 6.97. The Hall–Kier alpha value is -1.58. The van der Waals surface area contributed by atoms with Crippen LogP contribution in [0.25, 0.3) is 0 Å². The summed E-state index contributed by atoms with van der Waals surface area (Å²) in [6, 6.07) is 0. The number of hydrogen-bond donors (Lipinski definition) is 0. The van der Waals surface area contributed by atoms with Gasteiger partial charge < -0.3 is 9.47 Å². The Morgan fingerprint density at radius 2 is 1.87 bits per heavy atom. The van der Waals surface area contributed by atoms with Gasteiger partial charge in [0.05, 0.1) is 0 Å². The summed E-state index contributed by atoms with van der Waals surface area (Å²) >= 11 is 0. The minimum absolute atomic E-state index is 0.0530. The Labute approximate surface area is 89.6 Å². The van der Waals surface area contributed by atoms with Crippen molar-refractivity contribution >= 4 is 11.9 Å². The maximum absolute atomic E-state index is 10.9. The van der Waals surface area contributed by atoms with E-state index in [-0.39, 0.29) is 13.2 Å². The SMILES string of the molecule is C=C(C)C(=O)OCCOC(=O)/C=C/CC. The Balaban J connectivity index is 3.55. The summed E-state index contributed by atoms with van der Waals surface area (Å²) in [5.41, 5.74) is 0.326. The molecule has 4 nitrogen and oxygen atoms in total. The topological polar surface area (TPSA) is 52.6 Å². The van der Waals surface area contributed by atoms with E-state index >= 15 is 0 Å². The molecule has 0 atom stereocenters. The van der Waals surface area contributed by atoms with Crippen LogP contribution in [0.1, 0.15) is 20.3 Å². The van der Waals surface area contributed by atoms with Crippen LogP contribution in [0.15, 0.2) is 24.3 Å². The zero-order valence-corrected chi connectivity index (χ0v) is 9.12. The van der Waals surface area contributed by atoms with E-state index in [0.717, 1.165) is 6.42 Å². The van der Waals surface area contributed by atoms with E-state index in [2.05, 4.69) is 6.58 Å². The van der Waals surface area contributed by atoms with Crippen molar-refractivity contribution in [2.24, 2.45) is 0 Å². The van der Waals surface area contributed by atoms with Gasteiger partial charge in [-0.2, -0.15) is 0 Å². The molecular weight excluding hydrogens is 196 g/mol. The fraction of sp³-hybridized carbons (Fsp3) is 0.455. The van der Waals surface area contributed by atoms with Gasteiger partial charge in [-0.25, -0.2) is 9.59 Å². The summed E-state index contributed by atoms with van der Waals surface area (Å²) in [6.45, 7) is 7.00. The van der Waals surface area contributed by atoms with Gasteiger partial charge in [0.1, 0.15) is 13.2 Å². The van der Waals surface area contributed by atoms with Crippen molar-refractivity contribution in [2.45, 2.75) is 20.3 Å². The number of ether oxygens (including phenoxy) is 2. The van der Waals surface area contributed by atoms with Gasteiger partial charge in [0.15, 0.2) is 0 Å². The first-order valence-corrected chi connectivity index (χ1v) is 4.73. The average molecular weight is 212 g/mol. The predicted octanol–water partition coefficient (Wildman–Crippen LogP) is 1.62. The molecule has 0 aliphatic heterocycles. The summed E-state index contributed by atoms with van der Waals surface area (Å²) in [4.78, 5) is 21.8. The number of carbonyl (C=O) groups excluding carboxylic acids is 2. The Bertz CT molecular complexity index is 266. The number of esters is 2. The number of rotatable bonds is 6. The van der Waals surface area contributed by atoms with Crippen molar-refractivity contribution in [2.75, 3.05) is 13.2 Å². The fourth-order valence-electron chi connectivity index (χ4n) is 0.662. The summed E-state index contributed by atoms with van der Waals surface area (Å²) < 4.78 is 9.46. The van der Waals surface area contributed by atoms with Crippen molar-refractivity contribution in [1.82, 2.24) is 0 Å². The molecule has 15 heavy (non-hydrogen) atoms. The van der Waals surface area contributed by atoms with Crippen LogP contribution in [0.4, 0.5) is 0 Å². The molecule has 0 heterocycles. The minimum Gasteiger partial charge on any atom is -0.459 e. The van der Waals surface area contributed by atoms with Crippen molar-refractivity contribution < 1.29 is 19.1 Å². The molecule has 0 aromatic carbocycles. The predicted molar refractivity (Wildman–Crippen MR) is 56.2 cm³/mol. The first-order chi connectivity index (χ1) is 7.07. The van der Waals surface area contributed by atoms with Gasteiger partial charge in [0, 0.05) is 11.6 Å². The van der Waals surface area contributed by atoms with Gasteiger partial charge in [-0.15, -0.1) is 0 Å². The van der Waals surface area contributed by atoms with E-state index in [0.29, 0.717) is 5.57 Å². The van der Waals surface area contributed by atoms with Crippen LogP contribution in [0.5, 0.6) is 0 Å². The van der Waals surface area contributed by atoms with Gasteiger partial charge in [-0.3, -0.25) is 0 Å². The molecule has 0 amide bonds. The molecule has 0 aromatic heterocycles. The van der Waals surface area contributed by atoms with E-state index in [1.807, 2.05) is 6.92 Å². The molecule has 0 aliphatic carbocycles. The minimum atomic E-state index is -0.477. The maximum Gasteiger partial charge on any atom is 0.333 e. The summed E-state index contributed by atoms with van der Waals surface area (Å²) in [5, 5.41) is 0.